The van der Waals surface area contributed by atoms with Crippen molar-refractivity contribution < 1.29 is 24.2 Å². The minimum Gasteiger partial charge on any atom is -0.480 e. The number of benzene rings is 3. The molecule has 220 valence electrons. The van der Waals surface area contributed by atoms with Crippen LogP contribution < -0.4 is 10.6 Å². The molecule has 2 aliphatic rings. The van der Waals surface area contributed by atoms with Crippen LogP contribution in [0.15, 0.2) is 78.9 Å². The number of aliphatic carboxylic acids is 1. The van der Waals surface area contributed by atoms with Crippen LogP contribution in [0.3, 0.4) is 0 Å². The summed E-state index contributed by atoms with van der Waals surface area (Å²) in [6.45, 7) is 0.992. The van der Waals surface area contributed by atoms with E-state index in [2.05, 4.69) is 34.9 Å². The zero-order valence-corrected chi connectivity index (χ0v) is 24.0. The van der Waals surface area contributed by atoms with Crippen molar-refractivity contribution in [2.45, 2.75) is 56.7 Å². The van der Waals surface area contributed by atoms with E-state index in [0.717, 1.165) is 42.4 Å². The van der Waals surface area contributed by atoms with Gasteiger partial charge in [0.2, 0.25) is 5.91 Å². The number of hydrogen-bond donors (Lipinski definition) is 3. The highest BCUT2D eigenvalue weighted by molar-refractivity contribution is 5.84. The molecular weight excluding hydrogens is 530 g/mol. The lowest BCUT2D eigenvalue weighted by Crippen LogP contribution is -2.49. The lowest BCUT2D eigenvalue weighted by Gasteiger charge is -2.32. The SMILES string of the molecule is CN(Cc1ccccc1)CC(NC(=O)C[C@H]1CCCC[C@H]1NC(=O)OCC1c2ccccc2-c2ccccc21)C(=O)O. The fourth-order valence-corrected chi connectivity index (χ4v) is 6.38. The van der Waals surface area contributed by atoms with Crippen molar-refractivity contribution in [3.63, 3.8) is 0 Å². The molecule has 1 fully saturated rings. The van der Waals surface area contributed by atoms with Crippen LogP contribution in [0.2, 0.25) is 0 Å². The van der Waals surface area contributed by atoms with E-state index in [0.29, 0.717) is 6.54 Å². The van der Waals surface area contributed by atoms with Crippen LogP contribution in [-0.2, 0) is 20.9 Å². The van der Waals surface area contributed by atoms with E-state index in [1.807, 2.05) is 66.5 Å². The lowest BCUT2D eigenvalue weighted by atomic mass is 9.82. The molecule has 3 aromatic rings. The first-order valence-corrected chi connectivity index (χ1v) is 14.7. The van der Waals surface area contributed by atoms with Crippen LogP contribution in [0.1, 0.15) is 54.7 Å². The van der Waals surface area contributed by atoms with Gasteiger partial charge in [-0.1, -0.05) is 91.7 Å². The standard InChI is InChI=1S/C34H39N3O5/c1-37(20-23-11-3-2-4-12-23)21-31(33(39)40)35-32(38)19-24-13-5-10-18-30(24)36-34(41)42-22-29-27-16-8-6-14-25(27)26-15-7-9-17-28(26)29/h2-4,6-9,11-12,14-17,24,29-31H,5,10,13,18-22H2,1H3,(H,35,38)(H,36,41)(H,39,40)/t24-,30-,31?/m1/s1. The van der Waals surface area contributed by atoms with Gasteiger partial charge in [-0.3, -0.25) is 9.69 Å². The van der Waals surface area contributed by atoms with Gasteiger partial charge in [0, 0.05) is 31.5 Å². The van der Waals surface area contributed by atoms with Crippen LogP contribution in [0, 0.1) is 5.92 Å². The molecule has 0 saturated heterocycles. The van der Waals surface area contributed by atoms with Crippen molar-refractivity contribution in [2.75, 3.05) is 20.2 Å². The van der Waals surface area contributed by atoms with Crippen molar-refractivity contribution in [3.8, 4) is 11.1 Å². The minimum atomic E-state index is -1.07. The summed E-state index contributed by atoms with van der Waals surface area (Å²) in [4.78, 5) is 39.8. The van der Waals surface area contributed by atoms with E-state index in [1.54, 1.807) is 0 Å². The van der Waals surface area contributed by atoms with Crippen molar-refractivity contribution in [1.29, 1.82) is 0 Å². The Hall–Kier alpha value is -4.17. The highest BCUT2D eigenvalue weighted by Crippen LogP contribution is 2.44. The fraction of sp³-hybridized carbons (Fsp3) is 0.382. The highest BCUT2D eigenvalue weighted by atomic mass is 16.5. The molecular formula is C34H39N3O5. The molecule has 0 radical (unpaired) electrons. The molecule has 0 bridgehead atoms. The summed E-state index contributed by atoms with van der Waals surface area (Å²) in [5, 5.41) is 15.5. The Bertz CT molecular complexity index is 1350. The number of nitrogens with zero attached hydrogens (tertiary/aromatic N) is 1. The zero-order chi connectivity index (χ0) is 29.5. The topological polar surface area (TPSA) is 108 Å². The Labute approximate surface area is 247 Å². The smallest absolute Gasteiger partial charge is 0.407 e. The Morgan fingerprint density at radius 1 is 0.905 bits per heavy atom. The molecule has 0 aromatic heterocycles. The lowest BCUT2D eigenvalue weighted by molar-refractivity contribution is -0.142. The van der Waals surface area contributed by atoms with Gasteiger partial charge < -0.3 is 20.5 Å². The second kappa shape index (κ2) is 13.7. The van der Waals surface area contributed by atoms with Gasteiger partial charge >= 0.3 is 12.1 Å². The van der Waals surface area contributed by atoms with Crippen LogP contribution in [-0.4, -0.2) is 60.3 Å². The molecule has 2 aliphatic carbocycles. The minimum absolute atomic E-state index is 0.0240. The molecule has 42 heavy (non-hydrogen) atoms. The number of likely N-dealkylation sites (N-methyl/N-ethyl adjacent to an activating group) is 1. The predicted molar refractivity (Wildman–Crippen MR) is 161 cm³/mol. The number of rotatable bonds is 11. The van der Waals surface area contributed by atoms with Crippen molar-refractivity contribution in [2.24, 2.45) is 5.92 Å². The van der Waals surface area contributed by atoms with Gasteiger partial charge in [0.05, 0.1) is 0 Å². The number of carbonyl (C=O) groups excluding carboxylic acids is 2. The van der Waals surface area contributed by atoms with E-state index in [-0.39, 0.29) is 43.4 Å². The molecule has 5 rings (SSSR count). The van der Waals surface area contributed by atoms with Crippen molar-refractivity contribution >= 4 is 18.0 Å². The van der Waals surface area contributed by atoms with Gasteiger partial charge in [-0.05, 0) is 53.6 Å². The summed E-state index contributed by atoms with van der Waals surface area (Å²) < 4.78 is 5.75. The average Bonchev–Trinajstić information content (AvgIpc) is 3.31. The first-order valence-electron chi connectivity index (χ1n) is 14.7. The Morgan fingerprint density at radius 2 is 1.52 bits per heavy atom. The molecule has 3 atom stereocenters. The summed E-state index contributed by atoms with van der Waals surface area (Å²) in [5.74, 6) is -1.50. The van der Waals surface area contributed by atoms with Crippen LogP contribution in [0.5, 0.6) is 0 Å². The van der Waals surface area contributed by atoms with Gasteiger partial charge in [-0.2, -0.15) is 0 Å². The molecule has 2 amide bonds. The maximum atomic E-state index is 13.0. The van der Waals surface area contributed by atoms with E-state index in [9.17, 15) is 19.5 Å². The normalized spacial score (nSPS) is 18.5. The third-order valence-electron chi connectivity index (χ3n) is 8.43. The second-order valence-corrected chi connectivity index (χ2v) is 11.5. The fourth-order valence-electron chi connectivity index (χ4n) is 6.38. The molecule has 3 N–H and O–H groups in total. The number of alkyl carbamates (subject to hydrolysis) is 1. The van der Waals surface area contributed by atoms with Gasteiger partial charge in [-0.25, -0.2) is 9.59 Å². The molecule has 8 heteroatoms. The van der Waals surface area contributed by atoms with Crippen molar-refractivity contribution in [3.05, 3.63) is 95.6 Å². The quantitative estimate of drug-likeness (QED) is 0.294. The Kier molecular flexibility index (Phi) is 9.54. The monoisotopic (exact) mass is 569 g/mol. The summed E-state index contributed by atoms with van der Waals surface area (Å²) in [6.07, 6.45) is 3.12. The summed E-state index contributed by atoms with van der Waals surface area (Å²) in [5.41, 5.74) is 5.72. The highest BCUT2D eigenvalue weighted by Gasteiger charge is 2.32. The maximum Gasteiger partial charge on any atom is 0.407 e. The number of hydrogen-bond acceptors (Lipinski definition) is 5. The third kappa shape index (κ3) is 7.18. The zero-order valence-electron chi connectivity index (χ0n) is 24.0. The van der Waals surface area contributed by atoms with Gasteiger partial charge in [0.15, 0.2) is 0 Å². The Balaban J connectivity index is 1.14. The van der Waals surface area contributed by atoms with E-state index >= 15 is 0 Å². The van der Waals surface area contributed by atoms with Gasteiger partial charge in [-0.15, -0.1) is 0 Å². The number of nitrogens with one attached hydrogen (secondary N) is 2. The summed E-state index contributed by atoms with van der Waals surface area (Å²) in [6, 6.07) is 25.0. The van der Waals surface area contributed by atoms with E-state index in [4.69, 9.17) is 4.74 Å². The summed E-state index contributed by atoms with van der Waals surface area (Å²) >= 11 is 0. The van der Waals surface area contributed by atoms with Crippen molar-refractivity contribution in [1.82, 2.24) is 15.5 Å². The average molecular weight is 570 g/mol. The number of amides is 2. The number of fused-ring (bicyclic) bond motifs is 3. The number of carbonyl (C=O) groups is 3. The maximum absolute atomic E-state index is 13.0. The summed E-state index contributed by atoms with van der Waals surface area (Å²) in [7, 11) is 1.84. The van der Waals surface area contributed by atoms with Crippen LogP contribution in [0.25, 0.3) is 11.1 Å². The van der Waals surface area contributed by atoms with Crippen LogP contribution in [0.4, 0.5) is 4.79 Å². The largest absolute Gasteiger partial charge is 0.480 e. The molecule has 8 nitrogen and oxygen atoms in total. The number of ether oxygens (including phenoxy) is 1. The second-order valence-electron chi connectivity index (χ2n) is 11.5. The van der Waals surface area contributed by atoms with E-state index in [1.165, 1.54) is 11.1 Å². The molecule has 0 aliphatic heterocycles. The number of carboxylic acids is 1. The first kappa shape index (κ1) is 29.3. The molecule has 1 unspecified atom stereocenters. The molecule has 3 aromatic carbocycles. The van der Waals surface area contributed by atoms with Gasteiger partial charge in [0.1, 0.15) is 12.6 Å². The van der Waals surface area contributed by atoms with Crippen LogP contribution >= 0.6 is 0 Å². The number of carboxylic acid groups (broad SMARTS) is 1. The molecule has 1 saturated carbocycles. The molecule has 0 heterocycles. The third-order valence-corrected chi connectivity index (χ3v) is 8.43. The molecule has 0 spiro atoms. The van der Waals surface area contributed by atoms with E-state index < -0.39 is 18.1 Å². The first-order chi connectivity index (χ1) is 20.4. The Morgan fingerprint density at radius 3 is 2.19 bits per heavy atom. The van der Waals surface area contributed by atoms with Gasteiger partial charge in [0.25, 0.3) is 0 Å². The predicted octanol–water partition coefficient (Wildman–Crippen LogP) is 5.18.